The summed E-state index contributed by atoms with van der Waals surface area (Å²) in [5.41, 5.74) is 1.63. The van der Waals surface area contributed by atoms with Gasteiger partial charge >= 0.3 is 0 Å². The number of phenolic OH excluding ortho intramolecular Hbond substituents is 1. The molecule has 21 heavy (non-hydrogen) atoms. The lowest BCUT2D eigenvalue weighted by atomic mass is 9.89. The number of hydrogen-bond donors (Lipinski definition) is 1. The van der Waals surface area contributed by atoms with Crippen molar-refractivity contribution >= 4 is 5.91 Å². The lowest BCUT2D eigenvalue weighted by Crippen LogP contribution is -2.38. The first-order valence-corrected chi connectivity index (χ1v) is 7.13. The van der Waals surface area contributed by atoms with Gasteiger partial charge in [0, 0.05) is 13.1 Å². The molecule has 1 fully saturated rings. The summed E-state index contributed by atoms with van der Waals surface area (Å²) in [4.78, 5) is 18.2. The number of amides is 1. The standard InChI is InChI=1S/C16H18N2O3/c1-11-15(17-10-21-11)16(20)18-8-6-13(7-9-18)12-2-4-14(19)5-3-12/h2-5,10,13,19H,6-9H2,1H3. The smallest absolute Gasteiger partial charge is 0.276 e. The molecule has 0 atom stereocenters. The molecule has 0 aliphatic carbocycles. The Hall–Kier alpha value is -2.30. The van der Waals surface area contributed by atoms with Gasteiger partial charge < -0.3 is 14.4 Å². The van der Waals surface area contributed by atoms with E-state index in [1.54, 1.807) is 19.1 Å². The number of benzene rings is 1. The maximum atomic E-state index is 12.3. The van der Waals surface area contributed by atoms with Gasteiger partial charge in [0.2, 0.25) is 0 Å². The second-order valence-electron chi connectivity index (χ2n) is 5.42. The molecule has 0 saturated carbocycles. The minimum atomic E-state index is -0.0505. The number of carbonyl (C=O) groups is 1. The van der Waals surface area contributed by atoms with Crippen molar-refractivity contribution in [2.24, 2.45) is 0 Å². The van der Waals surface area contributed by atoms with Gasteiger partial charge in [0.1, 0.15) is 11.5 Å². The van der Waals surface area contributed by atoms with Crippen LogP contribution < -0.4 is 0 Å². The number of aromatic nitrogens is 1. The van der Waals surface area contributed by atoms with Crippen LogP contribution in [0.5, 0.6) is 5.75 Å². The van der Waals surface area contributed by atoms with Gasteiger partial charge in [0.15, 0.2) is 12.1 Å². The summed E-state index contributed by atoms with van der Waals surface area (Å²) in [6, 6.07) is 7.34. The van der Waals surface area contributed by atoms with E-state index >= 15 is 0 Å². The summed E-state index contributed by atoms with van der Waals surface area (Å²) in [5.74, 6) is 1.24. The molecule has 1 aliphatic heterocycles. The maximum absolute atomic E-state index is 12.3. The zero-order chi connectivity index (χ0) is 14.8. The summed E-state index contributed by atoms with van der Waals surface area (Å²) in [7, 11) is 0. The molecule has 0 bridgehead atoms. The predicted octanol–water partition coefficient (Wildman–Crippen LogP) is 2.71. The summed E-state index contributed by atoms with van der Waals surface area (Å²) in [6.07, 6.45) is 3.16. The van der Waals surface area contributed by atoms with Crippen LogP contribution in [0.25, 0.3) is 0 Å². The Kier molecular flexibility index (Phi) is 3.64. The topological polar surface area (TPSA) is 66.6 Å². The molecule has 1 saturated heterocycles. The van der Waals surface area contributed by atoms with E-state index in [0.717, 1.165) is 25.9 Å². The lowest BCUT2D eigenvalue weighted by Gasteiger charge is -2.31. The van der Waals surface area contributed by atoms with Crippen LogP contribution in [0, 0.1) is 6.92 Å². The van der Waals surface area contributed by atoms with Crippen molar-refractivity contribution in [1.82, 2.24) is 9.88 Å². The maximum Gasteiger partial charge on any atom is 0.276 e. The second-order valence-corrected chi connectivity index (χ2v) is 5.42. The minimum Gasteiger partial charge on any atom is -0.508 e. The molecule has 5 nitrogen and oxygen atoms in total. The highest BCUT2D eigenvalue weighted by Crippen LogP contribution is 2.29. The summed E-state index contributed by atoms with van der Waals surface area (Å²) in [6.45, 7) is 3.19. The highest BCUT2D eigenvalue weighted by Gasteiger charge is 2.26. The van der Waals surface area contributed by atoms with E-state index in [2.05, 4.69) is 4.98 Å². The van der Waals surface area contributed by atoms with Gasteiger partial charge in [-0.1, -0.05) is 12.1 Å². The Morgan fingerprint density at radius 3 is 2.52 bits per heavy atom. The van der Waals surface area contributed by atoms with E-state index in [1.165, 1.54) is 12.0 Å². The molecule has 2 aromatic rings. The summed E-state index contributed by atoms with van der Waals surface area (Å²) >= 11 is 0. The van der Waals surface area contributed by atoms with Gasteiger partial charge in [-0.05, 0) is 43.4 Å². The molecule has 0 radical (unpaired) electrons. The summed E-state index contributed by atoms with van der Waals surface area (Å²) < 4.78 is 5.10. The molecule has 2 heterocycles. The zero-order valence-electron chi connectivity index (χ0n) is 12.0. The molecule has 0 spiro atoms. The Balaban J connectivity index is 1.64. The monoisotopic (exact) mass is 286 g/mol. The number of likely N-dealkylation sites (tertiary alicyclic amines) is 1. The molecule has 1 aromatic heterocycles. The van der Waals surface area contributed by atoms with E-state index in [0.29, 0.717) is 17.4 Å². The van der Waals surface area contributed by atoms with Gasteiger partial charge in [0.05, 0.1) is 0 Å². The van der Waals surface area contributed by atoms with Crippen molar-refractivity contribution in [2.45, 2.75) is 25.7 Å². The van der Waals surface area contributed by atoms with Crippen LogP contribution in [0.15, 0.2) is 35.1 Å². The number of hydrogen-bond acceptors (Lipinski definition) is 4. The van der Waals surface area contributed by atoms with Crippen LogP contribution in [0.3, 0.4) is 0 Å². The molecule has 5 heteroatoms. The normalized spacial score (nSPS) is 16.1. The van der Waals surface area contributed by atoms with Crippen molar-refractivity contribution in [3.05, 3.63) is 47.7 Å². The highest BCUT2D eigenvalue weighted by atomic mass is 16.3. The number of nitrogens with zero attached hydrogens (tertiary/aromatic N) is 2. The van der Waals surface area contributed by atoms with E-state index in [-0.39, 0.29) is 11.7 Å². The first-order valence-electron chi connectivity index (χ1n) is 7.13. The Morgan fingerprint density at radius 1 is 1.29 bits per heavy atom. The molecule has 110 valence electrons. The van der Waals surface area contributed by atoms with Crippen LogP contribution in [-0.2, 0) is 0 Å². The fraction of sp³-hybridized carbons (Fsp3) is 0.375. The van der Waals surface area contributed by atoms with Gasteiger partial charge in [-0.2, -0.15) is 0 Å². The molecule has 1 aliphatic rings. The lowest BCUT2D eigenvalue weighted by molar-refractivity contribution is 0.0706. The van der Waals surface area contributed by atoms with E-state index in [1.807, 2.05) is 17.0 Å². The van der Waals surface area contributed by atoms with Crippen molar-refractivity contribution in [1.29, 1.82) is 0 Å². The minimum absolute atomic E-state index is 0.0505. The van der Waals surface area contributed by atoms with Gasteiger partial charge in [-0.25, -0.2) is 4.98 Å². The first-order chi connectivity index (χ1) is 10.1. The van der Waals surface area contributed by atoms with E-state index < -0.39 is 0 Å². The molecular weight excluding hydrogens is 268 g/mol. The van der Waals surface area contributed by atoms with Crippen molar-refractivity contribution < 1.29 is 14.3 Å². The Labute approximate surface area is 123 Å². The van der Waals surface area contributed by atoms with E-state index in [9.17, 15) is 9.90 Å². The Morgan fingerprint density at radius 2 is 1.95 bits per heavy atom. The van der Waals surface area contributed by atoms with E-state index in [4.69, 9.17) is 4.42 Å². The van der Waals surface area contributed by atoms with Crippen molar-refractivity contribution in [3.63, 3.8) is 0 Å². The van der Waals surface area contributed by atoms with Gasteiger partial charge in [-0.3, -0.25) is 4.79 Å². The largest absolute Gasteiger partial charge is 0.508 e. The fourth-order valence-electron chi connectivity index (χ4n) is 2.82. The SMILES string of the molecule is Cc1ocnc1C(=O)N1CCC(c2ccc(O)cc2)CC1. The molecule has 1 N–H and O–H groups in total. The Bertz CT molecular complexity index is 625. The number of piperidine rings is 1. The van der Waals surface area contributed by atoms with Crippen LogP contribution >= 0.6 is 0 Å². The number of rotatable bonds is 2. The quantitative estimate of drug-likeness (QED) is 0.921. The second kappa shape index (κ2) is 5.60. The van der Waals surface area contributed by atoms with Crippen LogP contribution in [0.2, 0.25) is 0 Å². The molecule has 1 aromatic carbocycles. The van der Waals surface area contributed by atoms with Gasteiger partial charge in [0.25, 0.3) is 5.91 Å². The average molecular weight is 286 g/mol. The predicted molar refractivity (Wildman–Crippen MR) is 77.2 cm³/mol. The molecule has 3 rings (SSSR count). The first kappa shape index (κ1) is 13.7. The van der Waals surface area contributed by atoms with Crippen molar-refractivity contribution in [3.8, 4) is 5.75 Å². The molecule has 0 unspecified atom stereocenters. The number of aryl methyl sites for hydroxylation is 1. The zero-order valence-corrected chi connectivity index (χ0v) is 12.0. The average Bonchev–Trinajstić information content (AvgIpc) is 2.94. The van der Waals surface area contributed by atoms with Crippen LogP contribution in [-0.4, -0.2) is 34.0 Å². The third kappa shape index (κ3) is 2.77. The number of aromatic hydroxyl groups is 1. The number of carbonyl (C=O) groups excluding carboxylic acids is 1. The highest BCUT2D eigenvalue weighted by molar-refractivity contribution is 5.93. The van der Waals surface area contributed by atoms with Crippen LogP contribution in [0.1, 0.15) is 40.6 Å². The third-order valence-electron chi connectivity index (χ3n) is 4.09. The van der Waals surface area contributed by atoms with Crippen LogP contribution in [0.4, 0.5) is 0 Å². The molecular formula is C16H18N2O3. The molecule has 1 amide bonds. The number of phenols is 1. The fourth-order valence-corrected chi connectivity index (χ4v) is 2.82. The summed E-state index contributed by atoms with van der Waals surface area (Å²) in [5, 5.41) is 9.33. The third-order valence-corrected chi connectivity index (χ3v) is 4.09. The van der Waals surface area contributed by atoms with Gasteiger partial charge in [-0.15, -0.1) is 0 Å². The number of oxazole rings is 1. The van der Waals surface area contributed by atoms with Crippen molar-refractivity contribution in [2.75, 3.05) is 13.1 Å².